The zero-order valence-corrected chi connectivity index (χ0v) is 13.7. The highest BCUT2D eigenvalue weighted by Gasteiger charge is 2.34. The molecular formula is C15H22N2O4S. The van der Waals surface area contributed by atoms with Crippen LogP contribution in [-0.4, -0.2) is 36.0 Å². The summed E-state index contributed by atoms with van der Waals surface area (Å²) in [4.78, 5) is 34.8. The number of carboxylic acid groups (broad SMARTS) is 1. The smallest absolute Gasteiger partial charge is 0.311 e. The molecule has 22 heavy (non-hydrogen) atoms. The van der Waals surface area contributed by atoms with Gasteiger partial charge in [-0.2, -0.15) is 11.3 Å². The third kappa shape index (κ3) is 4.84. The van der Waals surface area contributed by atoms with Crippen molar-refractivity contribution in [2.75, 3.05) is 13.1 Å². The number of amides is 2. The fourth-order valence-electron chi connectivity index (χ4n) is 2.02. The molecule has 1 aromatic heterocycles. The van der Waals surface area contributed by atoms with Gasteiger partial charge in [-0.25, -0.2) is 0 Å². The molecule has 7 heteroatoms. The van der Waals surface area contributed by atoms with Gasteiger partial charge in [0.2, 0.25) is 5.91 Å². The van der Waals surface area contributed by atoms with E-state index in [1.54, 1.807) is 25.3 Å². The average Bonchev–Trinajstić information content (AvgIpc) is 3.02. The van der Waals surface area contributed by atoms with Crippen LogP contribution in [0.5, 0.6) is 0 Å². The summed E-state index contributed by atoms with van der Waals surface area (Å²) in [6.45, 7) is 3.92. The second kappa shape index (κ2) is 8.53. The highest BCUT2D eigenvalue weighted by molar-refractivity contribution is 7.08. The van der Waals surface area contributed by atoms with Crippen molar-refractivity contribution in [3.63, 3.8) is 0 Å². The van der Waals surface area contributed by atoms with Crippen LogP contribution in [0.3, 0.4) is 0 Å². The van der Waals surface area contributed by atoms with E-state index >= 15 is 0 Å². The Balaban J connectivity index is 2.34. The maximum Gasteiger partial charge on any atom is 0.311 e. The van der Waals surface area contributed by atoms with E-state index in [-0.39, 0.29) is 31.3 Å². The molecule has 3 N–H and O–H groups in total. The number of thiophene rings is 1. The van der Waals surface area contributed by atoms with E-state index in [0.717, 1.165) is 0 Å². The van der Waals surface area contributed by atoms with Crippen LogP contribution in [0, 0.1) is 5.41 Å². The summed E-state index contributed by atoms with van der Waals surface area (Å²) >= 11 is 1.43. The second-order valence-corrected chi connectivity index (χ2v) is 5.87. The van der Waals surface area contributed by atoms with Gasteiger partial charge in [0.15, 0.2) is 0 Å². The number of carbonyl (C=O) groups excluding carboxylic acids is 2. The van der Waals surface area contributed by atoms with Gasteiger partial charge in [0, 0.05) is 30.5 Å². The molecular weight excluding hydrogens is 304 g/mol. The molecule has 1 heterocycles. The highest BCUT2D eigenvalue weighted by Crippen LogP contribution is 2.25. The first kappa shape index (κ1) is 18.2. The summed E-state index contributed by atoms with van der Waals surface area (Å²) in [7, 11) is 0. The first-order chi connectivity index (χ1) is 10.4. The molecule has 6 nitrogen and oxygen atoms in total. The summed E-state index contributed by atoms with van der Waals surface area (Å²) in [6, 6.07) is 1.71. The van der Waals surface area contributed by atoms with Crippen molar-refractivity contribution in [3.05, 3.63) is 22.4 Å². The molecule has 1 rings (SSSR count). The largest absolute Gasteiger partial charge is 0.481 e. The van der Waals surface area contributed by atoms with Crippen molar-refractivity contribution < 1.29 is 19.5 Å². The van der Waals surface area contributed by atoms with Crippen LogP contribution in [0.15, 0.2) is 16.8 Å². The van der Waals surface area contributed by atoms with Gasteiger partial charge in [-0.3, -0.25) is 14.4 Å². The van der Waals surface area contributed by atoms with E-state index in [0.29, 0.717) is 18.4 Å². The lowest BCUT2D eigenvalue weighted by Gasteiger charge is -2.26. The minimum Gasteiger partial charge on any atom is -0.481 e. The monoisotopic (exact) mass is 326 g/mol. The predicted molar refractivity (Wildman–Crippen MR) is 84.9 cm³/mol. The van der Waals surface area contributed by atoms with Gasteiger partial charge < -0.3 is 15.7 Å². The van der Waals surface area contributed by atoms with Gasteiger partial charge >= 0.3 is 5.97 Å². The Kier molecular flexibility index (Phi) is 7.04. The number of hydrogen-bond donors (Lipinski definition) is 3. The molecule has 0 aliphatic rings. The van der Waals surface area contributed by atoms with Crippen molar-refractivity contribution >= 4 is 29.1 Å². The molecule has 0 aromatic carbocycles. The average molecular weight is 326 g/mol. The van der Waals surface area contributed by atoms with Crippen LogP contribution in [0.2, 0.25) is 0 Å². The van der Waals surface area contributed by atoms with E-state index in [2.05, 4.69) is 10.6 Å². The molecule has 0 atom stereocenters. The number of hydrogen-bond acceptors (Lipinski definition) is 4. The summed E-state index contributed by atoms with van der Waals surface area (Å²) in [6.07, 6.45) is 1.03. The normalized spacial score (nSPS) is 11.0. The lowest BCUT2D eigenvalue weighted by atomic mass is 9.82. The standard InChI is InChI=1S/C15H22N2O4S/c1-3-15(4-2,14(20)21)10-17-12(18)5-7-16-13(19)11-6-8-22-9-11/h6,8-9H,3-5,7,10H2,1-2H3,(H,16,19)(H,17,18)(H,20,21). The van der Waals surface area contributed by atoms with Crippen molar-refractivity contribution in [1.29, 1.82) is 0 Å². The van der Waals surface area contributed by atoms with Crippen molar-refractivity contribution in [1.82, 2.24) is 10.6 Å². The second-order valence-electron chi connectivity index (χ2n) is 5.09. The van der Waals surface area contributed by atoms with Crippen molar-refractivity contribution in [3.8, 4) is 0 Å². The Morgan fingerprint density at radius 3 is 2.41 bits per heavy atom. The molecule has 0 saturated heterocycles. The number of nitrogens with one attached hydrogen (secondary N) is 2. The Hall–Kier alpha value is -1.89. The summed E-state index contributed by atoms with van der Waals surface area (Å²) in [5.74, 6) is -1.38. The Morgan fingerprint density at radius 1 is 1.23 bits per heavy atom. The zero-order chi connectivity index (χ0) is 16.6. The molecule has 1 aromatic rings. The first-order valence-corrected chi connectivity index (χ1v) is 8.20. The SMILES string of the molecule is CCC(CC)(CNC(=O)CCNC(=O)c1ccsc1)C(=O)O. The van der Waals surface area contributed by atoms with E-state index in [4.69, 9.17) is 0 Å². The van der Waals surface area contributed by atoms with Gasteiger partial charge in [-0.05, 0) is 24.3 Å². The van der Waals surface area contributed by atoms with Crippen LogP contribution < -0.4 is 10.6 Å². The summed E-state index contributed by atoms with van der Waals surface area (Å²) < 4.78 is 0. The van der Waals surface area contributed by atoms with Crippen LogP contribution >= 0.6 is 11.3 Å². The van der Waals surface area contributed by atoms with Crippen molar-refractivity contribution in [2.24, 2.45) is 5.41 Å². The van der Waals surface area contributed by atoms with Gasteiger partial charge in [0.25, 0.3) is 5.91 Å². The van der Waals surface area contributed by atoms with Gasteiger partial charge in [0.05, 0.1) is 5.41 Å². The molecule has 2 amide bonds. The number of aliphatic carboxylic acids is 1. The minimum absolute atomic E-state index is 0.104. The van der Waals surface area contributed by atoms with Gasteiger partial charge in [-0.15, -0.1) is 0 Å². The molecule has 0 aliphatic heterocycles. The lowest BCUT2D eigenvalue weighted by Crippen LogP contribution is -2.43. The predicted octanol–water partition coefficient (Wildman–Crippen LogP) is 1.88. The molecule has 0 fully saturated rings. The highest BCUT2D eigenvalue weighted by atomic mass is 32.1. The molecule has 0 saturated carbocycles. The number of carboxylic acids is 1. The van der Waals surface area contributed by atoms with Gasteiger partial charge in [-0.1, -0.05) is 13.8 Å². The van der Waals surface area contributed by atoms with Crippen molar-refractivity contribution in [2.45, 2.75) is 33.1 Å². The van der Waals surface area contributed by atoms with E-state index in [1.807, 2.05) is 5.38 Å². The topological polar surface area (TPSA) is 95.5 Å². The third-order valence-electron chi connectivity index (χ3n) is 3.85. The van der Waals surface area contributed by atoms with E-state index < -0.39 is 11.4 Å². The lowest BCUT2D eigenvalue weighted by molar-refractivity contribution is -0.149. The van der Waals surface area contributed by atoms with Crippen LogP contribution in [-0.2, 0) is 9.59 Å². The Morgan fingerprint density at radius 2 is 1.91 bits per heavy atom. The molecule has 0 spiro atoms. The minimum atomic E-state index is -0.921. The maximum absolute atomic E-state index is 11.8. The van der Waals surface area contributed by atoms with Crippen LogP contribution in [0.4, 0.5) is 0 Å². The molecule has 0 radical (unpaired) electrons. The van der Waals surface area contributed by atoms with E-state index in [9.17, 15) is 19.5 Å². The summed E-state index contributed by atoms with van der Waals surface area (Å²) in [5.41, 5.74) is -0.345. The third-order valence-corrected chi connectivity index (χ3v) is 4.54. The van der Waals surface area contributed by atoms with Gasteiger partial charge in [0.1, 0.15) is 0 Å². The molecule has 0 bridgehead atoms. The molecule has 0 aliphatic carbocycles. The maximum atomic E-state index is 11.8. The van der Waals surface area contributed by atoms with E-state index in [1.165, 1.54) is 11.3 Å². The number of rotatable bonds is 9. The zero-order valence-electron chi connectivity index (χ0n) is 12.8. The fraction of sp³-hybridized carbons (Fsp3) is 0.533. The molecule has 0 unspecified atom stereocenters. The Labute approximate surface area is 133 Å². The molecule has 122 valence electrons. The Bertz CT molecular complexity index is 510. The summed E-state index contributed by atoms with van der Waals surface area (Å²) in [5, 5.41) is 18.1. The van der Waals surface area contributed by atoms with Crippen LogP contribution in [0.1, 0.15) is 43.5 Å². The number of carbonyl (C=O) groups is 3. The van der Waals surface area contributed by atoms with Crippen LogP contribution in [0.25, 0.3) is 0 Å². The quantitative estimate of drug-likeness (QED) is 0.645. The fourth-order valence-corrected chi connectivity index (χ4v) is 2.66. The first-order valence-electron chi connectivity index (χ1n) is 7.25.